The van der Waals surface area contributed by atoms with Crippen LogP contribution in [-0.2, 0) is 6.54 Å². The average Bonchev–Trinajstić information content (AvgIpc) is 2.40. The molecule has 4 nitrogen and oxygen atoms in total. The van der Waals surface area contributed by atoms with Gasteiger partial charge in [-0.2, -0.15) is 0 Å². The highest BCUT2D eigenvalue weighted by Crippen LogP contribution is 2.18. The molecule has 0 aromatic carbocycles. The number of nitrogens with zero attached hydrogens (tertiary/aromatic N) is 3. The summed E-state index contributed by atoms with van der Waals surface area (Å²) < 4.78 is 0. The van der Waals surface area contributed by atoms with E-state index in [1.54, 1.807) is 0 Å². The smallest absolute Gasteiger partial charge is 0.128 e. The molecule has 0 bridgehead atoms. The first kappa shape index (κ1) is 14.3. The maximum Gasteiger partial charge on any atom is 0.128 e. The van der Waals surface area contributed by atoms with Crippen LogP contribution >= 0.6 is 0 Å². The van der Waals surface area contributed by atoms with Crippen molar-refractivity contribution in [2.24, 2.45) is 0 Å². The largest absolute Gasteiger partial charge is 0.354 e. The third kappa shape index (κ3) is 3.45. The molecule has 2 heterocycles. The van der Waals surface area contributed by atoms with Crippen LogP contribution in [0.2, 0.25) is 0 Å². The van der Waals surface area contributed by atoms with Gasteiger partial charge in [-0.25, -0.2) is 4.98 Å². The third-order valence-corrected chi connectivity index (χ3v) is 4.03. The van der Waals surface area contributed by atoms with Gasteiger partial charge in [-0.05, 0) is 39.1 Å². The Balaban J connectivity index is 2.07. The summed E-state index contributed by atoms with van der Waals surface area (Å²) in [5.74, 6) is 1.12. The number of aryl methyl sites for hydroxylation is 1. The topological polar surface area (TPSA) is 31.4 Å². The van der Waals surface area contributed by atoms with Gasteiger partial charge >= 0.3 is 0 Å². The van der Waals surface area contributed by atoms with Gasteiger partial charge in [-0.3, -0.25) is 0 Å². The molecule has 1 aromatic rings. The molecular weight excluding hydrogens is 236 g/mol. The van der Waals surface area contributed by atoms with Crippen LogP contribution < -0.4 is 10.2 Å². The SMILES string of the molecule is CCNCc1ccc(N2CCN(C)C(C)C2)nc1C. The second-order valence-corrected chi connectivity index (χ2v) is 5.47. The van der Waals surface area contributed by atoms with E-state index < -0.39 is 0 Å². The van der Waals surface area contributed by atoms with Crippen LogP contribution in [-0.4, -0.2) is 49.2 Å². The maximum atomic E-state index is 4.78. The van der Waals surface area contributed by atoms with E-state index in [1.165, 1.54) is 5.56 Å². The Bertz CT molecular complexity index is 419. The number of pyridine rings is 1. The van der Waals surface area contributed by atoms with Crippen LogP contribution in [0.1, 0.15) is 25.1 Å². The van der Waals surface area contributed by atoms with Gasteiger partial charge in [0.25, 0.3) is 0 Å². The molecular formula is C15H26N4. The third-order valence-electron chi connectivity index (χ3n) is 4.03. The van der Waals surface area contributed by atoms with Crippen molar-refractivity contribution in [2.45, 2.75) is 33.4 Å². The molecule has 1 N–H and O–H groups in total. The van der Waals surface area contributed by atoms with Gasteiger partial charge in [0.15, 0.2) is 0 Å². The lowest BCUT2D eigenvalue weighted by molar-refractivity contribution is 0.233. The molecule has 0 aliphatic carbocycles. The van der Waals surface area contributed by atoms with Gasteiger partial charge in [0.05, 0.1) is 0 Å². The molecule has 4 heteroatoms. The zero-order valence-corrected chi connectivity index (χ0v) is 12.6. The molecule has 1 atom stereocenters. The van der Waals surface area contributed by atoms with Crippen LogP contribution in [0.25, 0.3) is 0 Å². The normalized spacial score (nSPS) is 20.8. The van der Waals surface area contributed by atoms with Gasteiger partial charge in [0, 0.05) is 37.9 Å². The minimum atomic E-state index is 0.595. The Labute approximate surface area is 116 Å². The highest BCUT2D eigenvalue weighted by molar-refractivity contribution is 5.42. The molecule has 1 saturated heterocycles. The van der Waals surface area contributed by atoms with Crippen molar-refractivity contribution >= 4 is 5.82 Å². The second-order valence-electron chi connectivity index (χ2n) is 5.47. The molecule has 106 valence electrons. The highest BCUT2D eigenvalue weighted by Gasteiger charge is 2.21. The second kappa shape index (κ2) is 6.35. The molecule has 19 heavy (non-hydrogen) atoms. The van der Waals surface area contributed by atoms with E-state index in [-0.39, 0.29) is 0 Å². The first-order valence-electron chi connectivity index (χ1n) is 7.24. The Kier molecular flexibility index (Phi) is 4.77. The van der Waals surface area contributed by atoms with E-state index in [9.17, 15) is 0 Å². The number of anilines is 1. The maximum absolute atomic E-state index is 4.78. The minimum absolute atomic E-state index is 0.595. The Morgan fingerprint density at radius 2 is 2.16 bits per heavy atom. The fourth-order valence-corrected chi connectivity index (χ4v) is 2.46. The summed E-state index contributed by atoms with van der Waals surface area (Å²) in [6.07, 6.45) is 0. The van der Waals surface area contributed by atoms with Gasteiger partial charge in [0.2, 0.25) is 0 Å². The van der Waals surface area contributed by atoms with E-state index in [4.69, 9.17) is 4.98 Å². The van der Waals surface area contributed by atoms with Gasteiger partial charge < -0.3 is 15.1 Å². The van der Waals surface area contributed by atoms with Crippen LogP contribution in [0.3, 0.4) is 0 Å². The summed E-state index contributed by atoms with van der Waals surface area (Å²) in [7, 11) is 2.19. The number of likely N-dealkylation sites (N-methyl/N-ethyl adjacent to an activating group) is 1. The van der Waals surface area contributed by atoms with Crippen LogP contribution in [0.5, 0.6) is 0 Å². The monoisotopic (exact) mass is 262 g/mol. The van der Waals surface area contributed by atoms with Crippen molar-refractivity contribution in [2.75, 3.05) is 38.1 Å². The number of piperazine rings is 1. The number of rotatable bonds is 4. The number of hydrogen-bond donors (Lipinski definition) is 1. The van der Waals surface area contributed by atoms with Crippen LogP contribution in [0.15, 0.2) is 12.1 Å². The molecule has 0 spiro atoms. The van der Waals surface area contributed by atoms with Gasteiger partial charge in [-0.15, -0.1) is 0 Å². The van der Waals surface area contributed by atoms with Crippen molar-refractivity contribution in [3.63, 3.8) is 0 Å². The molecule has 0 amide bonds. The molecule has 0 saturated carbocycles. The molecule has 2 rings (SSSR count). The summed E-state index contributed by atoms with van der Waals surface area (Å²) in [4.78, 5) is 9.58. The number of aromatic nitrogens is 1. The fraction of sp³-hybridized carbons (Fsp3) is 0.667. The van der Waals surface area contributed by atoms with Crippen molar-refractivity contribution in [1.29, 1.82) is 0 Å². The van der Waals surface area contributed by atoms with Crippen LogP contribution in [0.4, 0.5) is 5.82 Å². The zero-order valence-electron chi connectivity index (χ0n) is 12.6. The summed E-state index contributed by atoms with van der Waals surface area (Å²) in [6.45, 7) is 11.7. The van der Waals surface area contributed by atoms with E-state index in [0.29, 0.717) is 6.04 Å². The number of hydrogen-bond acceptors (Lipinski definition) is 4. The standard InChI is InChI=1S/C15H26N4/c1-5-16-10-14-6-7-15(17-13(14)3)19-9-8-18(4)12(2)11-19/h6-7,12,16H,5,8-11H2,1-4H3. The summed E-state index contributed by atoms with van der Waals surface area (Å²) in [5.41, 5.74) is 2.44. The first-order valence-corrected chi connectivity index (χ1v) is 7.24. The van der Waals surface area contributed by atoms with Crippen molar-refractivity contribution in [3.8, 4) is 0 Å². The highest BCUT2D eigenvalue weighted by atomic mass is 15.3. The summed E-state index contributed by atoms with van der Waals surface area (Å²) in [5, 5.41) is 3.36. The molecule has 1 aromatic heterocycles. The van der Waals surface area contributed by atoms with Crippen molar-refractivity contribution < 1.29 is 0 Å². The minimum Gasteiger partial charge on any atom is -0.354 e. The zero-order chi connectivity index (χ0) is 13.8. The Morgan fingerprint density at radius 3 is 2.79 bits per heavy atom. The lowest BCUT2D eigenvalue weighted by atomic mass is 10.1. The predicted octanol–water partition coefficient (Wildman–Crippen LogP) is 1.64. The number of nitrogens with one attached hydrogen (secondary N) is 1. The molecule has 1 unspecified atom stereocenters. The van der Waals surface area contributed by atoms with Crippen molar-refractivity contribution in [3.05, 3.63) is 23.4 Å². The van der Waals surface area contributed by atoms with Crippen molar-refractivity contribution in [1.82, 2.24) is 15.2 Å². The summed E-state index contributed by atoms with van der Waals surface area (Å²) in [6, 6.07) is 4.97. The van der Waals surface area contributed by atoms with E-state index in [1.807, 2.05) is 0 Å². The van der Waals surface area contributed by atoms with Crippen LogP contribution in [0, 0.1) is 6.92 Å². The average molecular weight is 262 g/mol. The molecule has 0 radical (unpaired) electrons. The molecule has 1 aliphatic rings. The molecule has 1 fully saturated rings. The summed E-state index contributed by atoms with van der Waals surface area (Å²) >= 11 is 0. The lowest BCUT2D eigenvalue weighted by Crippen LogP contribution is -2.50. The predicted molar refractivity (Wildman–Crippen MR) is 80.7 cm³/mol. The Hall–Kier alpha value is -1.13. The van der Waals surface area contributed by atoms with Gasteiger partial charge in [-0.1, -0.05) is 13.0 Å². The lowest BCUT2D eigenvalue weighted by Gasteiger charge is -2.38. The van der Waals surface area contributed by atoms with E-state index >= 15 is 0 Å². The molecule has 1 aliphatic heterocycles. The van der Waals surface area contributed by atoms with E-state index in [0.717, 1.165) is 44.2 Å². The first-order chi connectivity index (χ1) is 9.11. The van der Waals surface area contributed by atoms with Gasteiger partial charge in [0.1, 0.15) is 5.82 Å². The quantitative estimate of drug-likeness (QED) is 0.894. The van der Waals surface area contributed by atoms with E-state index in [2.05, 4.69) is 55.1 Å². The fourth-order valence-electron chi connectivity index (χ4n) is 2.46. The Morgan fingerprint density at radius 1 is 1.37 bits per heavy atom.